The molecule has 1 N–H and O–H groups in total. The predicted octanol–water partition coefficient (Wildman–Crippen LogP) is 1.75. The summed E-state index contributed by atoms with van der Waals surface area (Å²) in [4.78, 5) is 19.1. The normalized spacial score (nSPS) is 12.4. The second-order valence-corrected chi connectivity index (χ2v) is 3.21. The molecule has 1 atom stereocenters. The molecule has 76 valence electrons. The topological polar surface area (TPSA) is 63.1 Å². The first-order chi connectivity index (χ1) is 6.66. The van der Waals surface area contributed by atoms with E-state index in [1.165, 1.54) is 6.20 Å². The molecule has 1 unspecified atom stereocenters. The van der Waals surface area contributed by atoms with Crippen LogP contribution in [0, 0.1) is 6.92 Å². The van der Waals surface area contributed by atoms with E-state index in [2.05, 4.69) is 9.97 Å². The maximum absolute atomic E-state index is 11.0. The van der Waals surface area contributed by atoms with Gasteiger partial charge in [0, 0.05) is 12.4 Å². The number of aryl methyl sites for hydroxylation is 1. The van der Waals surface area contributed by atoms with Gasteiger partial charge in [-0.15, -0.1) is 0 Å². The summed E-state index contributed by atoms with van der Waals surface area (Å²) in [7, 11) is 0. The molecule has 0 amide bonds. The number of rotatable bonds is 4. The number of aromatic nitrogens is 2. The molecule has 0 aliphatic carbocycles. The van der Waals surface area contributed by atoms with E-state index in [9.17, 15) is 4.79 Å². The monoisotopic (exact) mass is 194 g/mol. The van der Waals surface area contributed by atoms with Crippen molar-refractivity contribution in [3.63, 3.8) is 0 Å². The lowest BCUT2D eigenvalue weighted by Crippen LogP contribution is -2.14. The Morgan fingerprint density at radius 3 is 2.64 bits per heavy atom. The second kappa shape index (κ2) is 4.69. The first-order valence-corrected chi connectivity index (χ1v) is 4.67. The van der Waals surface area contributed by atoms with Crippen LogP contribution in [0.4, 0.5) is 0 Å². The molecule has 0 spiro atoms. The molecule has 1 rings (SSSR count). The quantitative estimate of drug-likeness (QED) is 0.793. The molecule has 0 fully saturated rings. The Kier molecular flexibility index (Phi) is 3.56. The highest BCUT2D eigenvalue weighted by Gasteiger charge is 2.22. The lowest BCUT2D eigenvalue weighted by Gasteiger charge is -2.11. The molecule has 1 heterocycles. The van der Waals surface area contributed by atoms with Crippen LogP contribution in [-0.4, -0.2) is 21.0 Å². The largest absolute Gasteiger partial charge is 0.481 e. The number of aliphatic carboxylic acids is 1. The van der Waals surface area contributed by atoms with E-state index in [-0.39, 0.29) is 0 Å². The van der Waals surface area contributed by atoms with Crippen molar-refractivity contribution in [2.75, 3.05) is 0 Å². The zero-order valence-electron chi connectivity index (χ0n) is 8.40. The molecule has 0 radical (unpaired) electrons. The molecule has 0 aliphatic rings. The van der Waals surface area contributed by atoms with Crippen molar-refractivity contribution in [1.29, 1.82) is 0 Å². The second-order valence-electron chi connectivity index (χ2n) is 3.21. The van der Waals surface area contributed by atoms with Gasteiger partial charge in [0.25, 0.3) is 0 Å². The van der Waals surface area contributed by atoms with Crippen LogP contribution in [0.15, 0.2) is 12.4 Å². The van der Waals surface area contributed by atoms with Crippen molar-refractivity contribution < 1.29 is 9.90 Å². The van der Waals surface area contributed by atoms with Crippen LogP contribution >= 0.6 is 0 Å². The molecule has 1 aromatic heterocycles. The lowest BCUT2D eigenvalue weighted by molar-refractivity contribution is -0.139. The average Bonchev–Trinajstić information content (AvgIpc) is 2.15. The zero-order valence-corrected chi connectivity index (χ0v) is 8.40. The molecule has 0 bridgehead atoms. The first-order valence-electron chi connectivity index (χ1n) is 4.67. The van der Waals surface area contributed by atoms with Crippen LogP contribution in [0.25, 0.3) is 0 Å². The summed E-state index contributed by atoms with van der Waals surface area (Å²) >= 11 is 0. The van der Waals surface area contributed by atoms with Gasteiger partial charge in [0.15, 0.2) is 0 Å². The molecule has 0 saturated carbocycles. The van der Waals surface area contributed by atoms with Gasteiger partial charge in [-0.2, -0.15) is 0 Å². The summed E-state index contributed by atoms with van der Waals surface area (Å²) in [6.07, 6.45) is 4.54. The summed E-state index contributed by atoms with van der Waals surface area (Å²) in [6, 6.07) is 0. The van der Waals surface area contributed by atoms with Crippen LogP contribution in [0.3, 0.4) is 0 Å². The van der Waals surface area contributed by atoms with Gasteiger partial charge in [0.2, 0.25) is 0 Å². The minimum absolute atomic E-state index is 0.520. The number of carboxylic acid groups (broad SMARTS) is 1. The van der Waals surface area contributed by atoms with Gasteiger partial charge >= 0.3 is 5.97 Å². The molecule has 0 saturated heterocycles. The predicted molar refractivity (Wildman–Crippen MR) is 52.1 cm³/mol. The Morgan fingerprint density at radius 1 is 1.50 bits per heavy atom. The molecule has 14 heavy (non-hydrogen) atoms. The number of hydrogen-bond donors (Lipinski definition) is 1. The minimum Gasteiger partial charge on any atom is -0.481 e. The smallest absolute Gasteiger partial charge is 0.312 e. The van der Waals surface area contributed by atoms with Gasteiger partial charge in [-0.05, 0) is 13.3 Å². The number of carboxylic acids is 1. The Morgan fingerprint density at radius 2 is 2.14 bits per heavy atom. The van der Waals surface area contributed by atoms with Crippen molar-refractivity contribution in [1.82, 2.24) is 9.97 Å². The van der Waals surface area contributed by atoms with Crippen molar-refractivity contribution >= 4 is 5.97 Å². The summed E-state index contributed by atoms with van der Waals surface area (Å²) in [5.74, 6) is -1.34. The fourth-order valence-electron chi connectivity index (χ4n) is 1.43. The summed E-state index contributed by atoms with van der Waals surface area (Å²) < 4.78 is 0. The Hall–Kier alpha value is -1.45. The number of nitrogens with zero attached hydrogens (tertiary/aromatic N) is 2. The molecule has 4 nitrogen and oxygen atoms in total. The molecule has 0 aromatic carbocycles. The number of hydrogen-bond acceptors (Lipinski definition) is 3. The SMILES string of the molecule is CCCC(C(=O)O)c1nccnc1C. The van der Waals surface area contributed by atoms with Crippen LogP contribution in [0.5, 0.6) is 0 Å². The van der Waals surface area contributed by atoms with Gasteiger partial charge in [0.05, 0.1) is 11.4 Å². The van der Waals surface area contributed by atoms with Gasteiger partial charge in [-0.3, -0.25) is 14.8 Å². The average molecular weight is 194 g/mol. The minimum atomic E-state index is -0.824. The van der Waals surface area contributed by atoms with E-state index in [1.807, 2.05) is 6.92 Å². The van der Waals surface area contributed by atoms with E-state index in [0.717, 1.165) is 6.42 Å². The van der Waals surface area contributed by atoms with Crippen molar-refractivity contribution in [2.45, 2.75) is 32.6 Å². The summed E-state index contributed by atoms with van der Waals surface area (Å²) in [6.45, 7) is 3.75. The Bertz CT molecular complexity index is 326. The fourth-order valence-corrected chi connectivity index (χ4v) is 1.43. The standard InChI is InChI=1S/C10H14N2O2/c1-3-4-8(10(13)14)9-7(2)11-5-6-12-9/h5-6,8H,3-4H2,1-2H3,(H,13,14). The van der Waals surface area contributed by atoms with Crippen LogP contribution < -0.4 is 0 Å². The van der Waals surface area contributed by atoms with E-state index in [4.69, 9.17) is 5.11 Å². The van der Waals surface area contributed by atoms with Crippen molar-refractivity contribution in [3.05, 3.63) is 23.8 Å². The van der Waals surface area contributed by atoms with E-state index >= 15 is 0 Å². The van der Waals surface area contributed by atoms with Gasteiger partial charge in [0.1, 0.15) is 5.92 Å². The third-order valence-corrected chi connectivity index (χ3v) is 2.12. The maximum atomic E-state index is 11.0. The third kappa shape index (κ3) is 2.28. The molecular formula is C10H14N2O2. The Balaban J connectivity index is 2.99. The maximum Gasteiger partial charge on any atom is 0.312 e. The zero-order chi connectivity index (χ0) is 10.6. The van der Waals surface area contributed by atoms with E-state index in [1.54, 1.807) is 13.1 Å². The molecule has 1 aromatic rings. The van der Waals surface area contributed by atoms with E-state index < -0.39 is 11.9 Å². The Labute approximate surface area is 83.0 Å². The van der Waals surface area contributed by atoms with Crippen LogP contribution in [-0.2, 0) is 4.79 Å². The fraction of sp³-hybridized carbons (Fsp3) is 0.500. The van der Waals surface area contributed by atoms with Gasteiger partial charge < -0.3 is 5.11 Å². The molecular weight excluding hydrogens is 180 g/mol. The van der Waals surface area contributed by atoms with Crippen LogP contribution in [0.1, 0.15) is 37.1 Å². The van der Waals surface area contributed by atoms with E-state index in [0.29, 0.717) is 17.8 Å². The van der Waals surface area contributed by atoms with Crippen molar-refractivity contribution in [2.24, 2.45) is 0 Å². The molecule has 0 aliphatic heterocycles. The first kappa shape index (κ1) is 10.6. The number of carbonyl (C=O) groups is 1. The molecule has 4 heteroatoms. The lowest BCUT2D eigenvalue weighted by atomic mass is 9.98. The highest BCUT2D eigenvalue weighted by molar-refractivity contribution is 5.75. The highest BCUT2D eigenvalue weighted by Crippen LogP contribution is 2.21. The summed E-state index contributed by atoms with van der Waals surface area (Å²) in [5, 5.41) is 9.01. The van der Waals surface area contributed by atoms with Crippen LogP contribution in [0.2, 0.25) is 0 Å². The highest BCUT2D eigenvalue weighted by atomic mass is 16.4. The van der Waals surface area contributed by atoms with Gasteiger partial charge in [-0.1, -0.05) is 13.3 Å². The van der Waals surface area contributed by atoms with Crippen molar-refractivity contribution in [3.8, 4) is 0 Å². The summed E-state index contributed by atoms with van der Waals surface area (Å²) in [5.41, 5.74) is 1.29. The third-order valence-electron chi connectivity index (χ3n) is 2.12. The van der Waals surface area contributed by atoms with Gasteiger partial charge in [-0.25, -0.2) is 0 Å².